The van der Waals surface area contributed by atoms with Gasteiger partial charge in [-0.3, -0.25) is 14.4 Å². The highest BCUT2D eigenvalue weighted by molar-refractivity contribution is 5.95. The van der Waals surface area contributed by atoms with Crippen LogP contribution < -0.4 is 10.1 Å². The third-order valence-corrected chi connectivity index (χ3v) is 7.57. The third kappa shape index (κ3) is 6.60. The Morgan fingerprint density at radius 3 is 2.59 bits per heavy atom. The van der Waals surface area contributed by atoms with Crippen molar-refractivity contribution >= 4 is 5.91 Å². The lowest BCUT2D eigenvalue weighted by Gasteiger charge is -2.32. The van der Waals surface area contributed by atoms with Gasteiger partial charge in [0.05, 0.1) is 31.5 Å². The summed E-state index contributed by atoms with van der Waals surface area (Å²) in [5, 5.41) is 10.7. The second kappa shape index (κ2) is 12.7. The molecule has 1 aliphatic heterocycles. The summed E-state index contributed by atoms with van der Waals surface area (Å²) in [6.45, 7) is 6.36. The second-order valence-electron chi connectivity index (χ2n) is 10.8. The molecule has 0 atom stereocenters. The number of carbonyl (C=O) groups is 1. The zero-order valence-electron chi connectivity index (χ0n) is 24.8. The minimum absolute atomic E-state index is 0.0390. The average Bonchev–Trinajstić information content (AvgIpc) is 3.64. The van der Waals surface area contributed by atoms with Crippen LogP contribution in [0.25, 0.3) is 5.69 Å². The molecule has 0 spiro atoms. The molecule has 14 heteroatoms. The monoisotopic (exact) mass is 615 g/mol. The summed E-state index contributed by atoms with van der Waals surface area (Å²) in [6, 6.07) is 9.41. The van der Waals surface area contributed by atoms with Gasteiger partial charge in [-0.2, -0.15) is 18.3 Å². The van der Waals surface area contributed by atoms with Gasteiger partial charge < -0.3 is 14.8 Å². The van der Waals surface area contributed by atoms with E-state index in [0.717, 1.165) is 36.1 Å². The Morgan fingerprint density at radius 1 is 1.11 bits per heavy atom. The number of carbonyl (C=O) groups excluding carboxylic acids is 1. The lowest BCUT2D eigenvalue weighted by Crippen LogP contribution is -2.35. The fraction of sp³-hybridized carbons (Fsp3) is 0.400. The van der Waals surface area contributed by atoms with Crippen LogP contribution in [0.4, 0.5) is 17.6 Å². The minimum atomic E-state index is -4.78. The molecule has 234 valence electrons. The van der Waals surface area contributed by atoms with Crippen molar-refractivity contribution in [1.29, 1.82) is 0 Å². The highest BCUT2D eigenvalue weighted by Gasteiger charge is 2.36. The zero-order valence-corrected chi connectivity index (χ0v) is 24.8. The molecule has 4 aromatic rings. The van der Waals surface area contributed by atoms with Crippen molar-refractivity contribution in [1.82, 2.24) is 34.8 Å². The van der Waals surface area contributed by atoms with Crippen molar-refractivity contribution in [2.75, 3.05) is 20.8 Å². The van der Waals surface area contributed by atoms with Crippen molar-refractivity contribution in [2.45, 2.75) is 58.7 Å². The molecule has 44 heavy (non-hydrogen) atoms. The smallest absolute Gasteiger partial charge is 0.453 e. The Bertz CT molecular complexity index is 1650. The van der Waals surface area contributed by atoms with Crippen LogP contribution >= 0.6 is 0 Å². The second-order valence-corrected chi connectivity index (χ2v) is 10.8. The van der Waals surface area contributed by atoms with Crippen LogP contribution in [-0.2, 0) is 43.6 Å². The molecule has 0 fully saturated rings. The number of rotatable bonds is 10. The molecule has 0 radical (unpaired) electrons. The molecule has 1 aliphatic rings. The number of hydrogen-bond donors (Lipinski definition) is 1. The Labute approximate surface area is 251 Å². The molecular weight excluding hydrogens is 582 g/mol. The number of ether oxygens (including phenoxy) is 2. The Hall–Kier alpha value is -4.30. The summed E-state index contributed by atoms with van der Waals surface area (Å²) < 4.78 is 67.4. The van der Waals surface area contributed by atoms with E-state index in [1.807, 2.05) is 0 Å². The number of amides is 1. The van der Waals surface area contributed by atoms with Gasteiger partial charge in [0, 0.05) is 44.5 Å². The Kier molecular flexibility index (Phi) is 9.02. The van der Waals surface area contributed by atoms with E-state index >= 15 is 4.39 Å². The molecular formula is C30H33F4N7O3. The van der Waals surface area contributed by atoms with Gasteiger partial charge in [0.2, 0.25) is 0 Å². The molecule has 2 aromatic carbocycles. The maximum atomic E-state index is 15.3. The molecule has 0 aliphatic carbocycles. The van der Waals surface area contributed by atoms with E-state index < -0.39 is 23.7 Å². The highest BCUT2D eigenvalue weighted by Crippen LogP contribution is 2.29. The number of nitrogens with one attached hydrogen (secondary N) is 1. The summed E-state index contributed by atoms with van der Waals surface area (Å²) in [5.41, 5.74) is 4.06. The number of aromatic nitrogens is 5. The molecule has 1 amide bonds. The number of methoxy groups -OCH3 is 2. The largest absolute Gasteiger partial charge is 0.494 e. The quantitative estimate of drug-likeness (QED) is 0.262. The van der Waals surface area contributed by atoms with E-state index in [0.29, 0.717) is 18.3 Å². The average molecular weight is 616 g/mol. The number of hydrogen-bond acceptors (Lipinski definition) is 7. The zero-order chi connectivity index (χ0) is 31.6. The van der Waals surface area contributed by atoms with Gasteiger partial charge in [0.15, 0.2) is 11.6 Å². The first-order valence-corrected chi connectivity index (χ1v) is 14.0. The van der Waals surface area contributed by atoms with Crippen LogP contribution in [0.2, 0.25) is 0 Å². The van der Waals surface area contributed by atoms with E-state index in [1.54, 1.807) is 10.9 Å². The molecule has 10 nitrogen and oxygen atoms in total. The molecule has 0 saturated carbocycles. The van der Waals surface area contributed by atoms with Gasteiger partial charge in [-0.15, -0.1) is 5.10 Å². The van der Waals surface area contributed by atoms with E-state index in [2.05, 4.69) is 57.4 Å². The summed E-state index contributed by atoms with van der Waals surface area (Å²) in [7, 11) is 2.74. The van der Waals surface area contributed by atoms with E-state index in [-0.39, 0.29) is 35.7 Å². The SMILES string of the molecule is COCc1nn(Cc2ccc3c(c2)CN(C(C)C)CC3)cc1C(=O)NCc1c(-n2cnc(C(F)(F)F)n2)ccc(OC)c1F. The highest BCUT2D eigenvalue weighted by atomic mass is 19.4. The number of alkyl halides is 3. The van der Waals surface area contributed by atoms with Crippen LogP contribution in [-0.4, -0.2) is 62.2 Å². The molecule has 1 N–H and O–H groups in total. The molecule has 2 aromatic heterocycles. The van der Waals surface area contributed by atoms with E-state index in [4.69, 9.17) is 9.47 Å². The van der Waals surface area contributed by atoms with Crippen molar-refractivity contribution in [3.8, 4) is 11.4 Å². The van der Waals surface area contributed by atoms with Crippen LogP contribution in [0.15, 0.2) is 42.9 Å². The van der Waals surface area contributed by atoms with Crippen molar-refractivity contribution in [2.24, 2.45) is 0 Å². The molecule has 0 saturated heterocycles. The molecule has 0 unspecified atom stereocenters. The predicted octanol–water partition coefficient (Wildman–Crippen LogP) is 4.52. The van der Waals surface area contributed by atoms with Gasteiger partial charge in [-0.1, -0.05) is 18.2 Å². The number of halogens is 4. The lowest BCUT2D eigenvalue weighted by molar-refractivity contribution is -0.144. The van der Waals surface area contributed by atoms with E-state index in [9.17, 15) is 18.0 Å². The van der Waals surface area contributed by atoms with Crippen molar-refractivity contribution in [3.05, 3.63) is 88.0 Å². The maximum Gasteiger partial charge on any atom is 0.453 e. The van der Waals surface area contributed by atoms with Crippen molar-refractivity contribution < 1.29 is 31.8 Å². The fourth-order valence-corrected chi connectivity index (χ4v) is 5.24. The normalized spacial score (nSPS) is 13.8. The molecule has 3 heterocycles. The van der Waals surface area contributed by atoms with Crippen LogP contribution in [0.3, 0.4) is 0 Å². The van der Waals surface area contributed by atoms with Crippen molar-refractivity contribution in [3.63, 3.8) is 0 Å². The van der Waals surface area contributed by atoms with Gasteiger partial charge in [0.1, 0.15) is 12.0 Å². The first-order valence-electron chi connectivity index (χ1n) is 14.0. The van der Waals surface area contributed by atoms with Gasteiger partial charge in [-0.25, -0.2) is 14.1 Å². The topological polar surface area (TPSA) is 99.3 Å². The van der Waals surface area contributed by atoms with Gasteiger partial charge in [0.25, 0.3) is 11.7 Å². The standard InChI is InChI=1S/C30H33F4N7O3/c1-18(2)39-10-9-20-6-5-19(11-21(20)14-39)13-40-15-23(24(37-40)16-43-3)28(42)35-12-22-25(7-8-26(44-4)27(22)31)41-17-36-29(38-41)30(32,33)34/h5-8,11,15,17-18H,9-10,12-14,16H2,1-4H3,(H,35,42). The number of nitrogens with zero attached hydrogens (tertiary/aromatic N) is 6. The summed E-state index contributed by atoms with van der Waals surface area (Å²) in [6.07, 6.45) is -1.36. The van der Waals surface area contributed by atoms with Crippen LogP contribution in [0.5, 0.6) is 5.75 Å². The van der Waals surface area contributed by atoms with Crippen LogP contribution in [0, 0.1) is 5.82 Å². The Balaban J connectivity index is 1.37. The summed E-state index contributed by atoms with van der Waals surface area (Å²) in [4.78, 5) is 19.1. The first-order chi connectivity index (χ1) is 21.0. The lowest BCUT2D eigenvalue weighted by atomic mass is 9.96. The summed E-state index contributed by atoms with van der Waals surface area (Å²) >= 11 is 0. The van der Waals surface area contributed by atoms with Crippen LogP contribution in [0.1, 0.15) is 58.0 Å². The third-order valence-electron chi connectivity index (χ3n) is 7.57. The molecule has 0 bridgehead atoms. The number of benzene rings is 2. The van der Waals surface area contributed by atoms with Gasteiger partial charge >= 0.3 is 6.18 Å². The predicted molar refractivity (Wildman–Crippen MR) is 152 cm³/mol. The minimum Gasteiger partial charge on any atom is -0.494 e. The number of fused-ring (bicyclic) bond motifs is 1. The first kappa shape index (κ1) is 31.1. The maximum absolute atomic E-state index is 15.3. The summed E-state index contributed by atoms with van der Waals surface area (Å²) in [5.74, 6) is -2.95. The van der Waals surface area contributed by atoms with Gasteiger partial charge in [-0.05, 0) is 49.1 Å². The Morgan fingerprint density at radius 2 is 1.91 bits per heavy atom. The fourth-order valence-electron chi connectivity index (χ4n) is 5.24. The van der Waals surface area contributed by atoms with E-state index in [1.165, 1.54) is 37.5 Å². The molecule has 5 rings (SSSR count).